The van der Waals surface area contributed by atoms with Crippen molar-refractivity contribution in [1.82, 2.24) is 9.72 Å². The number of nitrogens with zero attached hydrogens (tertiary/aromatic N) is 3. The first kappa shape index (κ1) is 24.1. The van der Waals surface area contributed by atoms with Crippen LogP contribution in [0.25, 0.3) is 32.9 Å². The summed E-state index contributed by atoms with van der Waals surface area (Å²) < 4.78 is 12.8. The molecule has 3 heterocycles. The molecule has 0 bridgehead atoms. The highest BCUT2D eigenvalue weighted by Crippen LogP contribution is 2.39. The van der Waals surface area contributed by atoms with Gasteiger partial charge < -0.3 is 19.6 Å². The van der Waals surface area contributed by atoms with Crippen LogP contribution in [0.2, 0.25) is 5.02 Å². The van der Waals surface area contributed by atoms with Crippen LogP contribution in [0.5, 0.6) is 0 Å². The predicted molar refractivity (Wildman–Crippen MR) is 147 cm³/mol. The lowest BCUT2D eigenvalue weighted by molar-refractivity contribution is 0.100. The first-order valence-corrected chi connectivity index (χ1v) is 12.7. The Morgan fingerprint density at radius 2 is 1.87 bits per heavy atom. The largest absolute Gasteiger partial charge is 0.449 e. The van der Waals surface area contributed by atoms with Gasteiger partial charge in [0.1, 0.15) is 5.76 Å². The molecule has 2 aromatic heterocycles. The van der Waals surface area contributed by atoms with E-state index in [1.807, 2.05) is 62.4 Å². The number of ether oxygens (including phenoxy) is 1. The summed E-state index contributed by atoms with van der Waals surface area (Å²) in [6.45, 7) is 5.22. The summed E-state index contributed by atoms with van der Waals surface area (Å²) in [5.74, 6) is 0.112. The number of aryl methyl sites for hydroxylation is 2. The molecule has 0 saturated carbocycles. The molecule has 6 rings (SSSR count). The van der Waals surface area contributed by atoms with Crippen molar-refractivity contribution < 1.29 is 18.8 Å². The molecule has 0 radical (unpaired) electrons. The summed E-state index contributed by atoms with van der Waals surface area (Å²) >= 11 is 6.13. The number of carbonyl (C=O) groups is 2. The second kappa shape index (κ2) is 9.22. The van der Waals surface area contributed by atoms with Crippen molar-refractivity contribution in [2.75, 3.05) is 18.1 Å². The zero-order valence-corrected chi connectivity index (χ0v) is 21.7. The first-order valence-electron chi connectivity index (χ1n) is 12.3. The summed E-state index contributed by atoms with van der Waals surface area (Å²) in [6.07, 6.45) is 0.367. The maximum absolute atomic E-state index is 12.9. The van der Waals surface area contributed by atoms with E-state index in [1.165, 1.54) is 0 Å². The summed E-state index contributed by atoms with van der Waals surface area (Å²) in [4.78, 5) is 27.0. The van der Waals surface area contributed by atoms with Gasteiger partial charge in [-0.05, 0) is 73.9 Å². The van der Waals surface area contributed by atoms with Crippen LogP contribution in [0, 0.1) is 13.8 Å². The van der Waals surface area contributed by atoms with E-state index in [1.54, 1.807) is 11.0 Å². The minimum atomic E-state index is -0.545. The minimum Gasteiger partial charge on any atom is -0.449 e. The van der Waals surface area contributed by atoms with Crippen LogP contribution in [0.15, 0.2) is 59.1 Å². The lowest BCUT2D eigenvalue weighted by Gasteiger charge is -2.26. The van der Waals surface area contributed by atoms with Gasteiger partial charge in [-0.1, -0.05) is 28.9 Å². The van der Waals surface area contributed by atoms with Gasteiger partial charge in [0.25, 0.3) is 0 Å². The molecular weight excluding hydrogens is 504 g/mol. The molecule has 1 aliphatic rings. The fourth-order valence-corrected chi connectivity index (χ4v) is 5.47. The Kier molecular flexibility index (Phi) is 5.84. The number of fused-ring (bicyclic) bond motifs is 3. The summed E-state index contributed by atoms with van der Waals surface area (Å²) in [5.41, 5.74) is 12.2. The molecule has 0 atom stereocenters. The van der Waals surface area contributed by atoms with E-state index in [9.17, 15) is 9.59 Å². The van der Waals surface area contributed by atoms with Gasteiger partial charge >= 0.3 is 6.09 Å². The topological polar surface area (TPSA) is 104 Å². The normalized spacial score (nSPS) is 13.9. The quantitative estimate of drug-likeness (QED) is 0.292. The van der Waals surface area contributed by atoms with E-state index in [-0.39, 0.29) is 6.09 Å². The molecule has 8 nitrogen and oxygen atoms in total. The molecule has 3 aromatic carbocycles. The number of benzene rings is 3. The standard InChI is InChI=1S/C29H25ClN4O4/c1-16-26(17(2)38-32-16)19-12-23(28(31)35)27-22-14-21(33-10-3-11-37-29(33)36)8-9-24(22)34(25(27)13-19)15-18-4-6-20(30)7-5-18/h4-9,12-14H,3,10-11,15H2,1-2H3,(H2,31,35). The van der Waals surface area contributed by atoms with Gasteiger partial charge in [0.2, 0.25) is 5.91 Å². The van der Waals surface area contributed by atoms with E-state index in [2.05, 4.69) is 9.72 Å². The molecule has 2 N–H and O–H groups in total. The Labute approximate surface area is 223 Å². The molecule has 1 saturated heterocycles. The molecule has 9 heteroatoms. The van der Waals surface area contributed by atoms with Gasteiger partial charge in [0.15, 0.2) is 0 Å². The lowest BCUT2D eigenvalue weighted by atomic mass is 9.97. The highest BCUT2D eigenvalue weighted by Gasteiger charge is 2.25. The van der Waals surface area contributed by atoms with Gasteiger partial charge in [0, 0.05) is 51.2 Å². The van der Waals surface area contributed by atoms with Crippen LogP contribution >= 0.6 is 11.6 Å². The third-order valence-corrected chi connectivity index (χ3v) is 7.33. The van der Waals surface area contributed by atoms with Crippen molar-refractivity contribution in [2.24, 2.45) is 5.73 Å². The van der Waals surface area contributed by atoms with Gasteiger partial charge in [-0.2, -0.15) is 0 Å². The van der Waals surface area contributed by atoms with Crippen LogP contribution in [0.3, 0.4) is 0 Å². The molecule has 0 unspecified atom stereocenters. The summed E-state index contributed by atoms with van der Waals surface area (Å²) in [5, 5.41) is 6.31. The first-order chi connectivity index (χ1) is 18.3. The molecule has 2 amide bonds. The van der Waals surface area contributed by atoms with Crippen molar-refractivity contribution in [3.8, 4) is 11.1 Å². The highest BCUT2D eigenvalue weighted by molar-refractivity contribution is 6.30. The third-order valence-electron chi connectivity index (χ3n) is 7.07. The Balaban J connectivity index is 1.65. The Morgan fingerprint density at radius 1 is 1.08 bits per heavy atom. The fourth-order valence-electron chi connectivity index (χ4n) is 5.34. The van der Waals surface area contributed by atoms with Crippen LogP contribution in [-0.2, 0) is 11.3 Å². The van der Waals surface area contributed by atoms with Gasteiger partial charge in [-0.15, -0.1) is 0 Å². The average Bonchev–Trinajstić information content (AvgIpc) is 3.40. The number of anilines is 1. The number of amides is 2. The lowest BCUT2D eigenvalue weighted by Crippen LogP contribution is -2.37. The van der Waals surface area contributed by atoms with Crippen LogP contribution in [-0.4, -0.2) is 34.9 Å². The molecule has 1 fully saturated rings. The second-order valence-corrected chi connectivity index (χ2v) is 9.95. The number of rotatable bonds is 5. The van der Waals surface area contributed by atoms with E-state index in [4.69, 9.17) is 26.6 Å². The van der Waals surface area contributed by atoms with Gasteiger partial charge in [-0.3, -0.25) is 9.69 Å². The van der Waals surface area contributed by atoms with E-state index < -0.39 is 5.91 Å². The predicted octanol–water partition coefficient (Wildman–Crippen LogP) is 6.21. The van der Waals surface area contributed by atoms with Crippen molar-refractivity contribution in [3.63, 3.8) is 0 Å². The van der Waals surface area contributed by atoms with Crippen LogP contribution < -0.4 is 10.6 Å². The maximum Gasteiger partial charge on any atom is 0.414 e. The second-order valence-electron chi connectivity index (χ2n) is 9.51. The van der Waals surface area contributed by atoms with E-state index in [0.29, 0.717) is 41.7 Å². The van der Waals surface area contributed by atoms with Gasteiger partial charge in [0.05, 0.1) is 17.8 Å². The van der Waals surface area contributed by atoms with Crippen LogP contribution in [0.4, 0.5) is 10.5 Å². The van der Waals surface area contributed by atoms with E-state index >= 15 is 0 Å². The summed E-state index contributed by atoms with van der Waals surface area (Å²) in [6, 6.07) is 17.3. The Hall–Kier alpha value is -4.30. The molecule has 5 aromatic rings. The van der Waals surface area contributed by atoms with Crippen molar-refractivity contribution in [2.45, 2.75) is 26.8 Å². The molecule has 0 aliphatic carbocycles. The Bertz CT molecular complexity index is 1720. The number of primary amides is 1. The molecule has 38 heavy (non-hydrogen) atoms. The number of nitrogens with two attached hydrogens (primary N) is 1. The van der Waals surface area contributed by atoms with E-state index in [0.717, 1.165) is 50.6 Å². The zero-order chi connectivity index (χ0) is 26.6. The Morgan fingerprint density at radius 3 is 2.55 bits per heavy atom. The summed E-state index contributed by atoms with van der Waals surface area (Å²) in [7, 11) is 0. The zero-order valence-electron chi connectivity index (χ0n) is 21.0. The van der Waals surface area contributed by atoms with Crippen molar-refractivity contribution >= 4 is 51.1 Å². The number of carbonyl (C=O) groups excluding carboxylic acids is 2. The molecule has 0 spiro atoms. The van der Waals surface area contributed by atoms with Gasteiger partial charge in [-0.25, -0.2) is 4.79 Å². The number of cyclic esters (lactones) is 1. The third kappa shape index (κ3) is 3.97. The van der Waals surface area contributed by atoms with Crippen LogP contribution in [0.1, 0.15) is 33.8 Å². The molecule has 192 valence electrons. The molecule has 1 aliphatic heterocycles. The number of halogens is 1. The average molecular weight is 529 g/mol. The minimum absolute atomic E-state index is 0.378. The fraction of sp³-hybridized carbons (Fsp3) is 0.207. The highest BCUT2D eigenvalue weighted by atomic mass is 35.5. The maximum atomic E-state index is 12.9. The van der Waals surface area contributed by atoms with Crippen molar-refractivity contribution in [3.05, 3.63) is 82.2 Å². The number of hydrogen-bond acceptors (Lipinski definition) is 5. The number of hydrogen-bond donors (Lipinski definition) is 1. The monoisotopic (exact) mass is 528 g/mol. The SMILES string of the molecule is Cc1noc(C)c1-c1cc(C(N)=O)c2c3cc(N4CCCOC4=O)ccc3n(Cc3ccc(Cl)cc3)c2c1. The molecular formula is C29H25ClN4O4. The number of aromatic nitrogens is 2. The van der Waals surface area contributed by atoms with Crippen molar-refractivity contribution in [1.29, 1.82) is 0 Å². The smallest absolute Gasteiger partial charge is 0.414 e.